The van der Waals surface area contributed by atoms with Crippen LogP contribution >= 0.6 is 0 Å². The van der Waals surface area contributed by atoms with Gasteiger partial charge in [-0.15, -0.1) is 0 Å². The zero-order valence-corrected chi connectivity index (χ0v) is 12.0. The Bertz CT molecular complexity index is 380. The smallest absolute Gasteiger partial charge is 0.210 e. The van der Waals surface area contributed by atoms with Crippen molar-refractivity contribution in [2.45, 2.75) is 57.4 Å². The van der Waals surface area contributed by atoms with E-state index < -0.39 is 0 Å². The van der Waals surface area contributed by atoms with Crippen molar-refractivity contribution in [3.05, 3.63) is 35.9 Å². The molecule has 2 nitrogen and oxygen atoms in total. The Balaban J connectivity index is 2.24. The van der Waals surface area contributed by atoms with Gasteiger partial charge in [-0.3, -0.25) is 4.79 Å². The molecule has 1 aromatic carbocycles. The molecule has 0 aliphatic heterocycles. The number of benzene rings is 1. The normalized spacial score (nSPS) is 18.6. The Labute approximate surface area is 116 Å². The minimum Gasteiger partial charge on any atom is -0.340 e. The molecule has 1 aliphatic carbocycles. The molecule has 104 valence electrons. The van der Waals surface area contributed by atoms with E-state index in [1.54, 1.807) is 0 Å². The lowest BCUT2D eigenvalue weighted by atomic mass is 9.82. The lowest BCUT2D eigenvalue weighted by Gasteiger charge is -2.41. The molecule has 1 fully saturated rings. The predicted molar refractivity (Wildman–Crippen MR) is 79.0 cm³/mol. The topological polar surface area (TPSA) is 20.3 Å². The van der Waals surface area contributed by atoms with E-state index in [4.69, 9.17) is 0 Å². The molecule has 2 heteroatoms. The van der Waals surface area contributed by atoms with Crippen molar-refractivity contribution in [3.63, 3.8) is 0 Å². The number of carbonyl (C=O) groups excluding carboxylic acids is 1. The van der Waals surface area contributed by atoms with Crippen LogP contribution in [0, 0.1) is 0 Å². The van der Waals surface area contributed by atoms with E-state index in [-0.39, 0.29) is 5.54 Å². The maximum atomic E-state index is 11.5. The Hall–Kier alpha value is -1.31. The molecule has 0 saturated heterocycles. The summed E-state index contributed by atoms with van der Waals surface area (Å²) in [5.74, 6) is 0. The van der Waals surface area contributed by atoms with Crippen LogP contribution in [-0.4, -0.2) is 23.4 Å². The number of likely N-dealkylation sites (N-methyl/N-ethyl adjacent to an activating group) is 1. The molecule has 0 radical (unpaired) electrons. The van der Waals surface area contributed by atoms with Crippen LogP contribution in [0.3, 0.4) is 0 Å². The van der Waals surface area contributed by atoms with Gasteiger partial charge >= 0.3 is 0 Å². The number of amides is 1. The van der Waals surface area contributed by atoms with Gasteiger partial charge in [-0.05, 0) is 31.7 Å². The quantitative estimate of drug-likeness (QED) is 0.582. The summed E-state index contributed by atoms with van der Waals surface area (Å²) >= 11 is 0. The Morgan fingerprint density at radius 2 is 1.74 bits per heavy atom. The Morgan fingerprint density at radius 3 is 2.26 bits per heavy atom. The highest BCUT2D eigenvalue weighted by atomic mass is 16.1. The van der Waals surface area contributed by atoms with Crippen molar-refractivity contribution in [1.82, 2.24) is 4.90 Å². The molecule has 0 bridgehead atoms. The second kappa shape index (κ2) is 6.74. The van der Waals surface area contributed by atoms with Crippen molar-refractivity contribution in [2.24, 2.45) is 0 Å². The molecule has 1 amide bonds. The van der Waals surface area contributed by atoms with Gasteiger partial charge in [-0.25, -0.2) is 0 Å². The fraction of sp³-hybridized carbons (Fsp3) is 0.588. The number of carbonyl (C=O) groups is 1. The minimum atomic E-state index is 0.0500. The van der Waals surface area contributed by atoms with Gasteiger partial charge in [0.2, 0.25) is 6.41 Å². The lowest BCUT2D eigenvalue weighted by molar-refractivity contribution is -0.124. The SMILES string of the molecule is CCN(C=O)C1(Cc2ccccc2)CCCCCC1. The van der Waals surface area contributed by atoms with Gasteiger partial charge in [0.1, 0.15) is 0 Å². The molecule has 0 heterocycles. The van der Waals surface area contributed by atoms with Crippen LogP contribution in [0.25, 0.3) is 0 Å². The first kappa shape index (κ1) is 14.1. The van der Waals surface area contributed by atoms with Crippen LogP contribution in [-0.2, 0) is 11.2 Å². The van der Waals surface area contributed by atoms with Gasteiger partial charge in [0.15, 0.2) is 0 Å². The average molecular weight is 259 g/mol. The number of rotatable bonds is 5. The second-order valence-corrected chi connectivity index (χ2v) is 5.69. The monoisotopic (exact) mass is 259 g/mol. The number of hydrogen-bond acceptors (Lipinski definition) is 1. The summed E-state index contributed by atoms with van der Waals surface area (Å²) in [4.78, 5) is 13.5. The van der Waals surface area contributed by atoms with Crippen molar-refractivity contribution in [3.8, 4) is 0 Å². The molecule has 0 atom stereocenters. The summed E-state index contributed by atoms with van der Waals surface area (Å²) < 4.78 is 0. The first-order chi connectivity index (χ1) is 9.30. The standard InChI is InChI=1S/C17H25NO/c1-2-18(15-19)17(12-8-3-4-9-13-17)14-16-10-6-5-7-11-16/h5-7,10-11,15H,2-4,8-9,12-14H2,1H3. The zero-order valence-electron chi connectivity index (χ0n) is 12.0. The third kappa shape index (κ3) is 3.37. The first-order valence-electron chi connectivity index (χ1n) is 7.57. The zero-order chi connectivity index (χ0) is 13.6. The molecule has 0 spiro atoms. The largest absolute Gasteiger partial charge is 0.340 e. The summed E-state index contributed by atoms with van der Waals surface area (Å²) in [6.45, 7) is 2.91. The summed E-state index contributed by atoms with van der Waals surface area (Å²) in [7, 11) is 0. The minimum absolute atomic E-state index is 0.0500. The van der Waals surface area contributed by atoms with Gasteiger partial charge in [0, 0.05) is 12.1 Å². The van der Waals surface area contributed by atoms with Crippen LogP contribution in [0.5, 0.6) is 0 Å². The van der Waals surface area contributed by atoms with E-state index in [2.05, 4.69) is 37.3 Å². The van der Waals surface area contributed by atoms with Gasteiger partial charge in [-0.2, -0.15) is 0 Å². The summed E-state index contributed by atoms with van der Waals surface area (Å²) in [6.07, 6.45) is 9.48. The average Bonchev–Trinajstić information content (AvgIpc) is 2.68. The molecule has 2 rings (SSSR count). The lowest BCUT2D eigenvalue weighted by Crippen LogP contribution is -2.49. The molecule has 0 aromatic heterocycles. The fourth-order valence-corrected chi connectivity index (χ4v) is 3.45. The maximum Gasteiger partial charge on any atom is 0.210 e. The number of hydrogen-bond donors (Lipinski definition) is 0. The summed E-state index contributed by atoms with van der Waals surface area (Å²) in [5, 5.41) is 0. The predicted octanol–water partition coefficient (Wildman–Crippen LogP) is 3.80. The fourth-order valence-electron chi connectivity index (χ4n) is 3.45. The van der Waals surface area contributed by atoms with Gasteiger partial charge in [-0.1, -0.05) is 56.0 Å². The highest BCUT2D eigenvalue weighted by molar-refractivity contribution is 5.49. The van der Waals surface area contributed by atoms with Gasteiger partial charge in [0.05, 0.1) is 0 Å². The van der Waals surface area contributed by atoms with E-state index in [1.165, 1.54) is 31.2 Å². The maximum absolute atomic E-state index is 11.5. The first-order valence-corrected chi connectivity index (χ1v) is 7.57. The van der Waals surface area contributed by atoms with Gasteiger partial charge in [0.25, 0.3) is 0 Å². The number of nitrogens with zero attached hydrogens (tertiary/aromatic N) is 1. The van der Waals surface area contributed by atoms with Crippen molar-refractivity contribution < 1.29 is 4.79 Å². The summed E-state index contributed by atoms with van der Waals surface area (Å²) in [6, 6.07) is 10.6. The second-order valence-electron chi connectivity index (χ2n) is 5.69. The highest BCUT2D eigenvalue weighted by Gasteiger charge is 2.35. The van der Waals surface area contributed by atoms with Crippen LogP contribution in [0.1, 0.15) is 51.0 Å². The van der Waals surface area contributed by atoms with E-state index in [0.29, 0.717) is 0 Å². The molecule has 0 N–H and O–H groups in total. The third-order valence-corrected chi connectivity index (χ3v) is 4.49. The van der Waals surface area contributed by atoms with E-state index >= 15 is 0 Å². The molecule has 1 aromatic rings. The van der Waals surface area contributed by atoms with Crippen LogP contribution < -0.4 is 0 Å². The molecular formula is C17H25NO. The Kier molecular flexibility index (Phi) is 5.00. The van der Waals surface area contributed by atoms with Crippen LogP contribution in [0.15, 0.2) is 30.3 Å². The van der Waals surface area contributed by atoms with E-state index in [0.717, 1.165) is 32.2 Å². The van der Waals surface area contributed by atoms with Crippen molar-refractivity contribution >= 4 is 6.41 Å². The van der Waals surface area contributed by atoms with E-state index in [1.807, 2.05) is 4.90 Å². The van der Waals surface area contributed by atoms with Crippen molar-refractivity contribution in [2.75, 3.05) is 6.54 Å². The molecule has 0 unspecified atom stereocenters. The molecular weight excluding hydrogens is 234 g/mol. The Morgan fingerprint density at radius 1 is 1.11 bits per heavy atom. The van der Waals surface area contributed by atoms with Gasteiger partial charge < -0.3 is 4.90 Å². The van der Waals surface area contributed by atoms with Crippen LogP contribution in [0.4, 0.5) is 0 Å². The molecule has 1 saturated carbocycles. The van der Waals surface area contributed by atoms with Crippen LogP contribution in [0.2, 0.25) is 0 Å². The van der Waals surface area contributed by atoms with E-state index in [9.17, 15) is 4.79 Å². The highest BCUT2D eigenvalue weighted by Crippen LogP contribution is 2.34. The summed E-state index contributed by atoms with van der Waals surface area (Å²) in [5.41, 5.74) is 1.40. The van der Waals surface area contributed by atoms with Crippen molar-refractivity contribution in [1.29, 1.82) is 0 Å². The molecule has 1 aliphatic rings. The third-order valence-electron chi connectivity index (χ3n) is 4.49. The molecule has 19 heavy (non-hydrogen) atoms.